The van der Waals surface area contributed by atoms with E-state index in [9.17, 15) is 8.42 Å². The number of hydrogen-bond acceptors (Lipinski definition) is 5. The Morgan fingerprint density at radius 1 is 0.972 bits per heavy atom. The summed E-state index contributed by atoms with van der Waals surface area (Å²) in [4.78, 5) is 0.231. The van der Waals surface area contributed by atoms with Gasteiger partial charge in [-0.25, -0.2) is 8.42 Å². The number of nitrogens with zero attached hydrogens (tertiary/aromatic N) is 1. The number of aryl methyl sites for hydroxylation is 1. The Labute approximate surface area is 216 Å². The molecule has 5 rings (SSSR count). The molecule has 3 aromatic carbocycles. The molecule has 0 saturated heterocycles. The molecule has 2 N–H and O–H groups in total. The number of nitrogens with one attached hydrogen (secondary N) is 2. The zero-order chi connectivity index (χ0) is 25.4. The van der Waals surface area contributed by atoms with Gasteiger partial charge in [-0.3, -0.25) is 4.31 Å². The second kappa shape index (κ2) is 9.48. The molecule has 9 heteroatoms. The number of rotatable bonds is 5. The summed E-state index contributed by atoms with van der Waals surface area (Å²) in [5.74, 6) is 0.945. The molecular weight excluding hydrogens is 494 g/mol. The summed E-state index contributed by atoms with van der Waals surface area (Å²) in [7, 11) is -0.774. The molecule has 1 atom stereocenters. The third-order valence-electron chi connectivity index (χ3n) is 6.55. The average Bonchev–Trinajstić information content (AvgIpc) is 3.05. The maximum Gasteiger partial charge on any atom is 0.264 e. The van der Waals surface area contributed by atoms with Crippen molar-refractivity contribution in [2.75, 3.05) is 25.1 Å². The highest BCUT2D eigenvalue weighted by atomic mass is 32.2. The van der Waals surface area contributed by atoms with E-state index in [-0.39, 0.29) is 17.5 Å². The fourth-order valence-electron chi connectivity index (χ4n) is 4.74. The molecule has 2 aliphatic rings. The molecular formula is C27H27N3O4S2. The highest BCUT2D eigenvalue weighted by molar-refractivity contribution is 7.92. The summed E-state index contributed by atoms with van der Waals surface area (Å²) >= 11 is 5.58. The van der Waals surface area contributed by atoms with Gasteiger partial charge in [-0.2, -0.15) is 0 Å². The van der Waals surface area contributed by atoms with Gasteiger partial charge >= 0.3 is 0 Å². The first kappa shape index (κ1) is 24.1. The predicted octanol–water partition coefficient (Wildman–Crippen LogP) is 4.54. The van der Waals surface area contributed by atoms with E-state index in [0.717, 1.165) is 22.4 Å². The number of thiocarbonyl (C=S) groups is 1. The zero-order valence-electron chi connectivity index (χ0n) is 20.2. The Balaban J connectivity index is 1.73. The van der Waals surface area contributed by atoms with Gasteiger partial charge in [-0.1, -0.05) is 48.0 Å². The van der Waals surface area contributed by atoms with Crippen LogP contribution < -0.4 is 24.4 Å². The molecule has 2 aliphatic heterocycles. The first-order valence-corrected chi connectivity index (χ1v) is 13.4. The van der Waals surface area contributed by atoms with Gasteiger partial charge in [0.05, 0.1) is 36.5 Å². The highest BCUT2D eigenvalue weighted by Crippen LogP contribution is 2.45. The van der Waals surface area contributed by atoms with E-state index in [1.54, 1.807) is 37.4 Å². The Hall–Kier alpha value is -3.56. The van der Waals surface area contributed by atoms with E-state index in [4.69, 9.17) is 21.7 Å². The number of benzene rings is 3. The molecule has 36 heavy (non-hydrogen) atoms. The molecule has 0 saturated carbocycles. The van der Waals surface area contributed by atoms with Gasteiger partial charge in [0.15, 0.2) is 16.6 Å². The van der Waals surface area contributed by atoms with Gasteiger partial charge < -0.3 is 20.1 Å². The van der Waals surface area contributed by atoms with Crippen LogP contribution in [0.2, 0.25) is 0 Å². The van der Waals surface area contributed by atoms with Gasteiger partial charge in [0.1, 0.15) is 0 Å². The van der Waals surface area contributed by atoms with E-state index < -0.39 is 10.0 Å². The quantitative estimate of drug-likeness (QED) is 0.477. The molecule has 0 bridgehead atoms. The van der Waals surface area contributed by atoms with Crippen LogP contribution in [0.25, 0.3) is 5.70 Å². The molecule has 0 aromatic heterocycles. The average molecular weight is 522 g/mol. The lowest BCUT2D eigenvalue weighted by atomic mass is 9.91. The van der Waals surface area contributed by atoms with Crippen LogP contribution in [0.3, 0.4) is 0 Å². The number of ether oxygens (including phenoxy) is 2. The Bertz CT molecular complexity index is 1450. The van der Waals surface area contributed by atoms with Crippen molar-refractivity contribution in [3.8, 4) is 11.5 Å². The predicted molar refractivity (Wildman–Crippen MR) is 145 cm³/mol. The van der Waals surface area contributed by atoms with Crippen molar-refractivity contribution in [3.05, 3.63) is 89.0 Å². The zero-order valence-corrected chi connectivity index (χ0v) is 21.9. The molecule has 1 unspecified atom stereocenters. The molecule has 186 valence electrons. The second-order valence-electron chi connectivity index (χ2n) is 8.71. The minimum absolute atomic E-state index is 0.196. The normalized spacial score (nSPS) is 17.4. The summed E-state index contributed by atoms with van der Waals surface area (Å²) < 4.78 is 40.5. The fourth-order valence-corrected chi connectivity index (χ4v) is 6.43. The lowest BCUT2D eigenvalue weighted by Gasteiger charge is -2.32. The van der Waals surface area contributed by atoms with E-state index in [2.05, 4.69) is 10.6 Å². The van der Waals surface area contributed by atoms with Crippen LogP contribution in [0.5, 0.6) is 11.5 Å². The van der Waals surface area contributed by atoms with Crippen molar-refractivity contribution in [2.24, 2.45) is 0 Å². The lowest BCUT2D eigenvalue weighted by Crippen LogP contribution is -2.43. The third-order valence-corrected chi connectivity index (χ3v) is 8.60. The maximum atomic E-state index is 14.0. The maximum absolute atomic E-state index is 14.0. The van der Waals surface area contributed by atoms with Crippen molar-refractivity contribution in [1.29, 1.82) is 0 Å². The Morgan fingerprint density at radius 3 is 2.31 bits per heavy atom. The highest BCUT2D eigenvalue weighted by Gasteiger charge is 2.36. The van der Waals surface area contributed by atoms with E-state index in [1.165, 1.54) is 11.4 Å². The van der Waals surface area contributed by atoms with Crippen LogP contribution in [0.1, 0.15) is 29.2 Å². The molecule has 0 spiro atoms. The van der Waals surface area contributed by atoms with E-state index >= 15 is 0 Å². The standard InChI is InChI=1S/C27H27N3O4S2/c1-17-9-11-19(12-10-17)36(31,32)30-14-13-20-25(18-7-5-4-6-8-18)28-27(35)29-26(20)21-15-23(33-2)24(34-3)16-22(21)30/h4-12,15-16,25H,13-14H2,1-3H3,(H2,28,29,35). The SMILES string of the molecule is COc1cc2c(cc1OC)N(S(=O)(=O)c1ccc(C)cc1)CCC1=C2NC(=S)NC1c1ccccc1. The Morgan fingerprint density at radius 2 is 1.64 bits per heavy atom. The van der Waals surface area contributed by atoms with Crippen LogP contribution in [-0.4, -0.2) is 34.3 Å². The van der Waals surface area contributed by atoms with Gasteiger partial charge in [-0.15, -0.1) is 0 Å². The second-order valence-corrected chi connectivity index (χ2v) is 11.0. The third kappa shape index (κ3) is 4.18. The van der Waals surface area contributed by atoms with Crippen LogP contribution in [-0.2, 0) is 10.0 Å². The van der Waals surface area contributed by atoms with Crippen molar-refractivity contribution in [2.45, 2.75) is 24.3 Å². The molecule has 0 radical (unpaired) electrons. The van der Waals surface area contributed by atoms with Crippen LogP contribution in [0, 0.1) is 6.92 Å². The number of methoxy groups -OCH3 is 2. The monoisotopic (exact) mass is 521 g/mol. The number of fused-ring (bicyclic) bond motifs is 2. The molecule has 2 heterocycles. The summed E-state index contributed by atoms with van der Waals surface area (Å²) in [5.41, 5.74) is 5.02. The fraction of sp³-hybridized carbons (Fsp3) is 0.222. The van der Waals surface area contributed by atoms with Crippen LogP contribution in [0.4, 0.5) is 5.69 Å². The minimum Gasteiger partial charge on any atom is -0.493 e. The smallest absolute Gasteiger partial charge is 0.264 e. The number of hydrogen-bond donors (Lipinski definition) is 2. The molecule has 0 aliphatic carbocycles. The van der Waals surface area contributed by atoms with Crippen molar-refractivity contribution in [3.63, 3.8) is 0 Å². The van der Waals surface area contributed by atoms with E-state index in [1.807, 2.05) is 43.3 Å². The summed E-state index contributed by atoms with van der Waals surface area (Å²) in [5, 5.41) is 7.15. The Kier molecular flexibility index (Phi) is 6.36. The van der Waals surface area contributed by atoms with Gasteiger partial charge in [0, 0.05) is 18.2 Å². The van der Waals surface area contributed by atoms with Gasteiger partial charge in [-0.05, 0) is 54.9 Å². The molecule has 0 amide bonds. The van der Waals surface area contributed by atoms with Crippen molar-refractivity contribution < 1.29 is 17.9 Å². The summed E-state index contributed by atoms with van der Waals surface area (Å²) in [6.07, 6.45) is 0.488. The van der Waals surface area contributed by atoms with E-state index in [0.29, 0.717) is 34.3 Å². The molecule has 0 fully saturated rings. The number of sulfonamides is 1. The van der Waals surface area contributed by atoms with Crippen molar-refractivity contribution in [1.82, 2.24) is 10.6 Å². The number of anilines is 1. The largest absolute Gasteiger partial charge is 0.493 e. The first-order chi connectivity index (χ1) is 17.3. The van der Waals surface area contributed by atoms with Crippen LogP contribution >= 0.6 is 12.2 Å². The molecule has 3 aromatic rings. The minimum atomic E-state index is -3.87. The topological polar surface area (TPSA) is 79.9 Å². The van der Waals surface area contributed by atoms with Gasteiger partial charge in [0.25, 0.3) is 10.0 Å². The van der Waals surface area contributed by atoms with Gasteiger partial charge in [0.2, 0.25) is 0 Å². The summed E-state index contributed by atoms with van der Waals surface area (Å²) in [6, 6.07) is 20.2. The lowest BCUT2D eigenvalue weighted by molar-refractivity contribution is 0.355. The first-order valence-electron chi connectivity index (χ1n) is 11.5. The molecule has 7 nitrogen and oxygen atoms in total. The van der Waals surface area contributed by atoms with Crippen molar-refractivity contribution >= 4 is 38.7 Å². The summed E-state index contributed by atoms with van der Waals surface area (Å²) in [6.45, 7) is 2.18. The van der Waals surface area contributed by atoms with Crippen LogP contribution in [0.15, 0.2) is 77.2 Å².